The predicted molar refractivity (Wildman–Crippen MR) is 116 cm³/mol. The highest BCUT2D eigenvalue weighted by atomic mass is 79.9. The normalized spacial score (nSPS) is 21.3. The molecule has 0 aromatic heterocycles. The van der Waals surface area contributed by atoms with Gasteiger partial charge in [-0.15, -0.1) is 0 Å². The van der Waals surface area contributed by atoms with Gasteiger partial charge in [0.05, 0.1) is 3.23 Å². The third kappa shape index (κ3) is 4.39. The molecule has 1 aliphatic rings. The molecule has 0 bridgehead atoms. The molecule has 0 heterocycles. The van der Waals surface area contributed by atoms with Crippen LogP contribution in [0.4, 0.5) is 0 Å². The third-order valence-electron chi connectivity index (χ3n) is 5.37. The van der Waals surface area contributed by atoms with Gasteiger partial charge in [-0.05, 0) is 47.9 Å². The molecule has 0 unspecified atom stereocenters. The molecule has 2 heteroatoms. The van der Waals surface area contributed by atoms with E-state index in [9.17, 15) is 0 Å². The molecule has 0 nitrogen and oxygen atoms in total. The van der Waals surface area contributed by atoms with E-state index >= 15 is 0 Å². The lowest BCUT2D eigenvalue weighted by Crippen LogP contribution is -1.90. The van der Waals surface area contributed by atoms with Crippen LogP contribution >= 0.6 is 31.9 Å². The van der Waals surface area contributed by atoms with Gasteiger partial charge < -0.3 is 0 Å². The smallest absolute Gasteiger partial charge is 0.0713 e. The summed E-state index contributed by atoms with van der Waals surface area (Å²) in [6.45, 7) is 4.50. The van der Waals surface area contributed by atoms with Gasteiger partial charge >= 0.3 is 0 Å². The number of hydrogen-bond donors (Lipinski definition) is 0. The minimum absolute atomic E-state index is 0.00410. The number of aryl methyl sites for hydroxylation is 2. The van der Waals surface area contributed by atoms with Crippen molar-refractivity contribution >= 4 is 31.9 Å². The zero-order chi connectivity index (χ0) is 17.9. The predicted octanol–water partition coefficient (Wildman–Crippen LogP) is 7.74. The maximum absolute atomic E-state index is 3.93. The summed E-state index contributed by atoms with van der Waals surface area (Å²) in [7, 11) is 0. The van der Waals surface area contributed by atoms with Crippen LogP contribution in [0.2, 0.25) is 0 Å². The Labute approximate surface area is 169 Å². The molecule has 0 spiro atoms. The first-order chi connectivity index (χ1) is 12.1. The van der Waals surface area contributed by atoms with Crippen LogP contribution in [0.15, 0.2) is 48.5 Å². The quantitative estimate of drug-likeness (QED) is 0.351. The highest BCUT2D eigenvalue weighted by Crippen LogP contribution is 2.72. The number of benzene rings is 2. The molecule has 2 atom stereocenters. The summed E-state index contributed by atoms with van der Waals surface area (Å²) < 4.78 is -0.00410. The van der Waals surface area contributed by atoms with Gasteiger partial charge in [0.2, 0.25) is 0 Å². The number of hydrogen-bond acceptors (Lipinski definition) is 0. The molecular weight excluding hydrogens is 436 g/mol. The largest absolute Gasteiger partial charge is 0.0954 e. The van der Waals surface area contributed by atoms with Gasteiger partial charge in [-0.2, -0.15) is 0 Å². The van der Waals surface area contributed by atoms with Gasteiger partial charge in [0.1, 0.15) is 0 Å². The van der Waals surface area contributed by atoms with E-state index < -0.39 is 0 Å². The summed E-state index contributed by atoms with van der Waals surface area (Å²) in [5, 5.41) is 0. The monoisotopic (exact) mass is 462 g/mol. The van der Waals surface area contributed by atoms with Crippen molar-refractivity contribution in [1.29, 1.82) is 0 Å². The van der Waals surface area contributed by atoms with E-state index in [1.807, 2.05) is 0 Å². The molecule has 134 valence electrons. The average Bonchev–Trinajstić information content (AvgIpc) is 3.21. The minimum Gasteiger partial charge on any atom is -0.0713 e. The zero-order valence-corrected chi connectivity index (χ0v) is 18.4. The van der Waals surface area contributed by atoms with Crippen molar-refractivity contribution in [2.75, 3.05) is 0 Å². The van der Waals surface area contributed by atoms with E-state index in [0.717, 1.165) is 0 Å². The van der Waals surface area contributed by atoms with Crippen LogP contribution in [0.1, 0.15) is 73.6 Å². The Balaban J connectivity index is 1.71. The van der Waals surface area contributed by atoms with Crippen molar-refractivity contribution in [3.63, 3.8) is 0 Å². The highest BCUT2D eigenvalue weighted by molar-refractivity contribution is 9.25. The second-order valence-electron chi connectivity index (χ2n) is 7.32. The van der Waals surface area contributed by atoms with Crippen molar-refractivity contribution in [2.45, 2.75) is 67.4 Å². The summed E-state index contributed by atoms with van der Waals surface area (Å²) in [6.07, 6.45) is 7.45. The van der Waals surface area contributed by atoms with E-state index in [0.29, 0.717) is 11.8 Å². The molecule has 1 fully saturated rings. The van der Waals surface area contributed by atoms with Crippen molar-refractivity contribution in [3.05, 3.63) is 70.8 Å². The first-order valence-electron chi connectivity index (χ1n) is 9.63. The number of halogens is 2. The number of alkyl halides is 2. The fraction of sp³-hybridized carbons (Fsp3) is 0.478. The summed E-state index contributed by atoms with van der Waals surface area (Å²) in [4.78, 5) is 0. The lowest BCUT2D eigenvalue weighted by molar-refractivity contribution is 0.794. The van der Waals surface area contributed by atoms with Crippen LogP contribution < -0.4 is 0 Å². The third-order valence-corrected chi connectivity index (χ3v) is 7.34. The molecule has 0 aliphatic heterocycles. The Morgan fingerprint density at radius 1 is 0.680 bits per heavy atom. The lowest BCUT2D eigenvalue weighted by Gasteiger charge is -2.05. The summed E-state index contributed by atoms with van der Waals surface area (Å²) >= 11 is 7.86. The number of rotatable bonds is 8. The molecule has 2 aromatic carbocycles. The van der Waals surface area contributed by atoms with Crippen LogP contribution in [0.25, 0.3) is 0 Å². The van der Waals surface area contributed by atoms with E-state index in [4.69, 9.17) is 0 Å². The van der Waals surface area contributed by atoms with Crippen molar-refractivity contribution in [3.8, 4) is 0 Å². The van der Waals surface area contributed by atoms with Gasteiger partial charge in [-0.25, -0.2) is 0 Å². The first-order valence-corrected chi connectivity index (χ1v) is 11.2. The standard InChI is InChI=1S/C23H28Br2/c1-3-5-7-17-9-13-19(14-10-17)21-22(23(21,24)25)20-15-11-18(12-16-20)8-6-4-2/h9-16,21-22H,3-8H2,1-2H3/t21-,22-/m1/s1. The zero-order valence-electron chi connectivity index (χ0n) is 15.3. The summed E-state index contributed by atoms with van der Waals surface area (Å²) in [6, 6.07) is 18.5. The van der Waals surface area contributed by atoms with Gasteiger partial charge in [-0.1, -0.05) is 107 Å². The Morgan fingerprint density at radius 3 is 1.36 bits per heavy atom. The van der Waals surface area contributed by atoms with E-state index in [1.54, 1.807) is 0 Å². The van der Waals surface area contributed by atoms with Crippen LogP contribution in [0.3, 0.4) is 0 Å². The molecule has 0 radical (unpaired) electrons. The van der Waals surface area contributed by atoms with E-state index in [1.165, 1.54) is 60.8 Å². The van der Waals surface area contributed by atoms with Crippen LogP contribution in [0.5, 0.6) is 0 Å². The molecule has 3 rings (SSSR count). The Bertz CT molecular complexity index is 611. The maximum Gasteiger partial charge on any atom is 0.0954 e. The molecular formula is C23H28Br2. The summed E-state index contributed by atoms with van der Waals surface area (Å²) in [5.41, 5.74) is 5.76. The minimum atomic E-state index is -0.00410. The molecule has 25 heavy (non-hydrogen) atoms. The van der Waals surface area contributed by atoms with Crippen LogP contribution in [-0.4, -0.2) is 3.23 Å². The second-order valence-corrected chi connectivity index (χ2v) is 11.0. The number of unbranched alkanes of at least 4 members (excludes halogenated alkanes) is 2. The molecule has 0 saturated heterocycles. The Hall–Kier alpha value is -0.600. The molecule has 1 aliphatic carbocycles. The Kier molecular flexibility index (Phi) is 6.44. The molecule has 0 N–H and O–H groups in total. The van der Waals surface area contributed by atoms with Gasteiger partial charge in [0, 0.05) is 11.8 Å². The van der Waals surface area contributed by atoms with Crippen molar-refractivity contribution in [1.82, 2.24) is 0 Å². The SMILES string of the molecule is CCCCc1ccc([C@@H]2[C@@H](c3ccc(CCCC)cc3)C2(Br)Br)cc1. The van der Waals surface area contributed by atoms with Gasteiger partial charge in [0.25, 0.3) is 0 Å². The summed E-state index contributed by atoms with van der Waals surface area (Å²) in [5.74, 6) is 0.989. The van der Waals surface area contributed by atoms with E-state index in [2.05, 4.69) is 94.2 Å². The first kappa shape index (κ1) is 19.2. The Morgan fingerprint density at radius 2 is 1.04 bits per heavy atom. The highest BCUT2D eigenvalue weighted by Gasteiger charge is 2.62. The van der Waals surface area contributed by atoms with Gasteiger partial charge in [-0.3, -0.25) is 0 Å². The lowest BCUT2D eigenvalue weighted by atomic mass is 10.00. The fourth-order valence-electron chi connectivity index (χ4n) is 3.70. The molecule has 0 amide bonds. The molecule has 2 aromatic rings. The van der Waals surface area contributed by atoms with Gasteiger partial charge in [0.15, 0.2) is 0 Å². The second kappa shape index (κ2) is 8.39. The van der Waals surface area contributed by atoms with Crippen molar-refractivity contribution in [2.24, 2.45) is 0 Å². The fourth-order valence-corrected chi connectivity index (χ4v) is 5.55. The van der Waals surface area contributed by atoms with Crippen LogP contribution in [-0.2, 0) is 12.8 Å². The maximum atomic E-state index is 3.93. The van der Waals surface area contributed by atoms with Crippen LogP contribution in [0, 0.1) is 0 Å². The van der Waals surface area contributed by atoms with Crippen molar-refractivity contribution < 1.29 is 0 Å². The topological polar surface area (TPSA) is 0 Å². The average molecular weight is 464 g/mol. The molecule has 1 saturated carbocycles. The van der Waals surface area contributed by atoms with E-state index in [-0.39, 0.29) is 3.23 Å².